The van der Waals surface area contributed by atoms with Gasteiger partial charge in [0.2, 0.25) is 0 Å². The van der Waals surface area contributed by atoms with Crippen LogP contribution in [0.1, 0.15) is 5.56 Å². The summed E-state index contributed by atoms with van der Waals surface area (Å²) in [6.07, 6.45) is 5.61. The van der Waals surface area contributed by atoms with E-state index in [1.54, 1.807) is 0 Å². The molecule has 0 unspecified atom stereocenters. The smallest absolute Gasteiger partial charge is 0.0800 e. The summed E-state index contributed by atoms with van der Waals surface area (Å²) in [5.74, 6) is 2.83. The average Bonchev–Trinajstić information content (AvgIpc) is 2.26. The van der Waals surface area contributed by atoms with Crippen molar-refractivity contribution < 1.29 is 0 Å². The van der Waals surface area contributed by atoms with Gasteiger partial charge in [0.15, 0.2) is 0 Å². The zero-order valence-corrected chi connectivity index (χ0v) is 11.0. The monoisotopic (exact) mass is 224 g/mol. The van der Waals surface area contributed by atoms with Gasteiger partial charge in [-0.2, -0.15) is 0 Å². The van der Waals surface area contributed by atoms with Gasteiger partial charge in [-0.1, -0.05) is 55.9 Å². The molecule has 0 aliphatic rings. The van der Waals surface area contributed by atoms with Crippen LogP contribution in [0.4, 0.5) is 0 Å². The number of fused-ring (bicyclic) bond motifs is 1. The van der Waals surface area contributed by atoms with Crippen molar-refractivity contribution in [1.82, 2.24) is 0 Å². The maximum atomic E-state index is 5.61. The summed E-state index contributed by atoms with van der Waals surface area (Å²) in [5, 5.41) is 4.03. The van der Waals surface area contributed by atoms with E-state index in [2.05, 4.69) is 62.0 Å². The van der Waals surface area contributed by atoms with Crippen LogP contribution in [0.2, 0.25) is 19.6 Å². The maximum absolute atomic E-state index is 5.61. The van der Waals surface area contributed by atoms with E-state index in [1.807, 2.05) is 0 Å². The Morgan fingerprint density at radius 3 is 2.31 bits per heavy atom. The van der Waals surface area contributed by atoms with Crippen molar-refractivity contribution in [3.05, 3.63) is 42.0 Å². The fraction of sp³-hybridized carbons (Fsp3) is 0.200. The fourth-order valence-electron chi connectivity index (χ4n) is 2.20. The number of hydrogen-bond acceptors (Lipinski definition) is 0. The number of terminal acetylenes is 1. The van der Waals surface area contributed by atoms with Gasteiger partial charge < -0.3 is 0 Å². The highest BCUT2D eigenvalue weighted by Crippen LogP contribution is 2.18. The highest BCUT2D eigenvalue weighted by molar-refractivity contribution is 6.90. The van der Waals surface area contributed by atoms with E-state index < -0.39 is 8.07 Å². The van der Waals surface area contributed by atoms with E-state index in [0.717, 1.165) is 5.56 Å². The summed E-state index contributed by atoms with van der Waals surface area (Å²) in [5.41, 5.74) is 1.07. The number of hydrogen-bond donors (Lipinski definition) is 0. The molecule has 0 aliphatic heterocycles. The fourth-order valence-corrected chi connectivity index (χ4v) is 4.20. The van der Waals surface area contributed by atoms with Crippen molar-refractivity contribution in [2.75, 3.05) is 0 Å². The molecule has 0 N–H and O–H groups in total. The van der Waals surface area contributed by atoms with Gasteiger partial charge in [0, 0.05) is 5.56 Å². The predicted molar refractivity (Wildman–Crippen MR) is 74.9 cm³/mol. The number of benzene rings is 2. The lowest BCUT2D eigenvalue weighted by Crippen LogP contribution is -2.40. The minimum atomic E-state index is -1.41. The Kier molecular flexibility index (Phi) is 2.61. The van der Waals surface area contributed by atoms with Crippen molar-refractivity contribution in [2.45, 2.75) is 19.6 Å². The quantitative estimate of drug-likeness (QED) is 0.514. The Morgan fingerprint density at radius 1 is 1.00 bits per heavy atom. The largest absolute Gasteiger partial charge is 0.115 e. The van der Waals surface area contributed by atoms with Crippen LogP contribution in [0.15, 0.2) is 36.4 Å². The Labute approximate surface area is 98.3 Å². The van der Waals surface area contributed by atoms with Gasteiger partial charge in [-0.15, -0.1) is 6.42 Å². The topological polar surface area (TPSA) is 0 Å². The van der Waals surface area contributed by atoms with Crippen LogP contribution in [0, 0.1) is 12.3 Å². The normalized spacial score (nSPS) is 11.4. The molecule has 0 fully saturated rings. The minimum absolute atomic E-state index is 1.07. The van der Waals surface area contributed by atoms with E-state index in [1.165, 1.54) is 16.0 Å². The van der Waals surface area contributed by atoms with Crippen LogP contribution < -0.4 is 5.19 Å². The van der Waals surface area contributed by atoms with Crippen LogP contribution in [0.3, 0.4) is 0 Å². The zero-order valence-electron chi connectivity index (χ0n) is 10.0. The third-order valence-electron chi connectivity index (χ3n) is 2.83. The first-order chi connectivity index (χ1) is 7.54. The number of rotatable bonds is 1. The predicted octanol–water partition coefficient (Wildman–Crippen LogP) is 3.37. The Morgan fingerprint density at radius 2 is 1.69 bits per heavy atom. The van der Waals surface area contributed by atoms with E-state index in [-0.39, 0.29) is 0 Å². The molecule has 0 radical (unpaired) electrons. The van der Waals surface area contributed by atoms with Crippen molar-refractivity contribution in [3.8, 4) is 12.3 Å². The van der Waals surface area contributed by atoms with Crippen molar-refractivity contribution in [3.63, 3.8) is 0 Å². The highest BCUT2D eigenvalue weighted by Gasteiger charge is 2.21. The molecule has 0 heterocycles. The molecule has 0 spiro atoms. The van der Waals surface area contributed by atoms with Crippen LogP contribution in [0.25, 0.3) is 10.8 Å². The van der Waals surface area contributed by atoms with Gasteiger partial charge in [0.25, 0.3) is 0 Å². The second-order valence-electron chi connectivity index (χ2n) is 5.10. The third kappa shape index (κ3) is 1.77. The summed E-state index contributed by atoms with van der Waals surface area (Å²) >= 11 is 0. The SMILES string of the molecule is C#Cc1ccc2ccccc2c1[Si](C)(C)C. The Bertz CT molecular complexity index is 568. The lowest BCUT2D eigenvalue weighted by molar-refractivity contribution is 1.67. The van der Waals surface area contributed by atoms with E-state index in [4.69, 9.17) is 6.42 Å². The molecular weight excluding hydrogens is 208 g/mol. The molecular formula is C15H16Si. The molecule has 0 amide bonds. The molecule has 0 saturated carbocycles. The second kappa shape index (κ2) is 3.81. The summed E-state index contributed by atoms with van der Waals surface area (Å²) in [4.78, 5) is 0. The van der Waals surface area contributed by atoms with Gasteiger partial charge in [0.05, 0.1) is 8.07 Å². The molecule has 2 rings (SSSR count). The second-order valence-corrected chi connectivity index (χ2v) is 10.1. The lowest BCUT2D eigenvalue weighted by Gasteiger charge is -2.21. The van der Waals surface area contributed by atoms with Crippen molar-refractivity contribution in [2.24, 2.45) is 0 Å². The van der Waals surface area contributed by atoms with Crippen LogP contribution >= 0.6 is 0 Å². The Balaban J connectivity index is 2.91. The molecule has 0 nitrogen and oxygen atoms in total. The first kappa shape index (κ1) is 11.0. The molecule has 16 heavy (non-hydrogen) atoms. The molecule has 0 atom stereocenters. The molecule has 0 aromatic heterocycles. The molecule has 0 bridgehead atoms. The highest BCUT2D eigenvalue weighted by atomic mass is 28.3. The van der Waals surface area contributed by atoms with Gasteiger partial charge in [-0.3, -0.25) is 0 Å². The molecule has 0 saturated heterocycles. The van der Waals surface area contributed by atoms with Gasteiger partial charge >= 0.3 is 0 Å². The lowest BCUT2D eigenvalue weighted by atomic mass is 10.1. The maximum Gasteiger partial charge on any atom is 0.0800 e. The van der Waals surface area contributed by atoms with Crippen molar-refractivity contribution >= 4 is 24.0 Å². The summed E-state index contributed by atoms with van der Waals surface area (Å²) < 4.78 is 0. The molecule has 0 aliphatic carbocycles. The van der Waals surface area contributed by atoms with E-state index in [9.17, 15) is 0 Å². The molecule has 2 aromatic carbocycles. The summed E-state index contributed by atoms with van der Waals surface area (Å²) in [7, 11) is -1.41. The first-order valence-electron chi connectivity index (χ1n) is 5.53. The first-order valence-corrected chi connectivity index (χ1v) is 9.03. The van der Waals surface area contributed by atoms with Gasteiger partial charge in [0.1, 0.15) is 0 Å². The summed E-state index contributed by atoms with van der Waals surface area (Å²) in [6.45, 7) is 7.03. The molecule has 80 valence electrons. The van der Waals surface area contributed by atoms with Crippen LogP contribution in [-0.4, -0.2) is 8.07 Å². The van der Waals surface area contributed by atoms with Crippen molar-refractivity contribution in [1.29, 1.82) is 0 Å². The summed E-state index contributed by atoms with van der Waals surface area (Å²) in [6, 6.07) is 12.7. The van der Waals surface area contributed by atoms with E-state index >= 15 is 0 Å². The average molecular weight is 224 g/mol. The van der Waals surface area contributed by atoms with Gasteiger partial charge in [-0.25, -0.2) is 0 Å². The zero-order chi connectivity index (χ0) is 11.8. The van der Waals surface area contributed by atoms with E-state index in [0.29, 0.717) is 0 Å². The van der Waals surface area contributed by atoms with Gasteiger partial charge in [-0.05, 0) is 22.0 Å². The third-order valence-corrected chi connectivity index (χ3v) is 4.87. The minimum Gasteiger partial charge on any atom is -0.115 e. The molecule has 1 heteroatoms. The van der Waals surface area contributed by atoms with Crippen LogP contribution in [0.5, 0.6) is 0 Å². The Hall–Kier alpha value is -1.52. The van der Waals surface area contributed by atoms with Crippen LogP contribution in [-0.2, 0) is 0 Å². The molecule has 2 aromatic rings. The standard InChI is InChI=1S/C15H16Si/c1-5-12-10-11-13-8-6-7-9-14(13)15(12)16(2,3)4/h1,6-11H,2-4H3.